The van der Waals surface area contributed by atoms with Crippen LogP contribution in [-0.2, 0) is 0 Å². The van der Waals surface area contributed by atoms with Crippen LogP contribution >= 0.6 is 0 Å². The maximum absolute atomic E-state index is 6.50. The number of nitrogens with zero attached hydrogens (tertiary/aromatic N) is 3. The van der Waals surface area contributed by atoms with Gasteiger partial charge in [-0.2, -0.15) is 0 Å². The number of benzene rings is 9. The molecule has 0 unspecified atom stereocenters. The second-order valence-electron chi connectivity index (χ2n) is 14.6. The molecule has 12 rings (SSSR count). The number of hydrogen-bond donors (Lipinski definition) is 0. The lowest BCUT2D eigenvalue weighted by Crippen LogP contribution is -1.99. The third-order valence-corrected chi connectivity index (χ3v) is 11.4. The highest BCUT2D eigenvalue weighted by molar-refractivity contribution is 6.12. The molecule has 0 atom stereocenters. The van der Waals surface area contributed by atoms with Gasteiger partial charge in [0.1, 0.15) is 11.2 Å². The molecular weight excluding hydrogens is 683 g/mol. The molecule has 0 spiro atoms. The van der Waals surface area contributed by atoms with E-state index in [1.807, 2.05) is 0 Å². The number of fused-ring (bicyclic) bond motifs is 11. The molecule has 56 heavy (non-hydrogen) atoms. The van der Waals surface area contributed by atoms with E-state index in [1.165, 1.54) is 32.7 Å². The smallest absolute Gasteiger partial charge is 0.135 e. The molecule has 8 bridgehead atoms. The Morgan fingerprint density at radius 3 is 1.57 bits per heavy atom. The molecule has 0 saturated heterocycles. The van der Waals surface area contributed by atoms with E-state index in [1.54, 1.807) is 0 Å². The van der Waals surface area contributed by atoms with Crippen molar-refractivity contribution < 1.29 is 4.42 Å². The summed E-state index contributed by atoms with van der Waals surface area (Å²) in [6.07, 6.45) is 0. The summed E-state index contributed by atoms with van der Waals surface area (Å²) in [5, 5.41) is 9.34. The molecule has 0 saturated carbocycles. The zero-order chi connectivity index (χ0) is 36.7. The Bertz CT molecular complexity index is 3590. The maximum Gasteiger partial charge on any atom is 0.135 e. The van der Waals surface area contributed by atoms with Gasteiger partial charge in [-0.15, -0.1) is 0 Å². The predicted octanol–water partition coefficient (Wildman–Crippen LogP) is 14.0. The van der Waals surface area contributed by atoms with Crippen molar-refractivity contribution in [2.75, 3.05) is 0 Å². The Morgan fingerprint density at radius 1 is 0.286 bits per heavy atom. The molecule has 0 aliphatic rings. The predicted molar refractivity (Wildman–Crippen MR) is 234 cm³/mol. The maximum atomic E-state index is 6.50. The number of para-hydroxylation sites is 2. The molecule has 4 heteroatoms. The molecule has 0 aliphatic heterocycles. The normalized spacial score (nSPS) is 11.9. The first-order valence-electron chi connectivity index (χ1n) is 19.1. The third kappa shape index (κ3) is 4.66. The van der Waals surface area contributed by atoms with Crippen LogP contribution in [0, 0.1) is 0 Å². The first-order chi connectivity index (χ1) is 27.7. The summed E-state index contributed by atoms with van der Waals surface area (Å²) in [5.74, 6) is 0. The summed E-state index contributed by atoms with van der Waals surface area (Å²) in [5.41, 5.74) is 11.7. The van der Waals surface area contributed by atoms with E-state index < -0.39 is 0 Å². The van der Waals surface area contributed by atoms with Gasteiger partial charge in [-0.3, -0.25) is 0 Å². The Balaban J connectivity index is 1.23. The molecule has 12 aromatic rings. The van der Waals surface area contributed by atoms with E-state index in [4.69, 9.17) is 4.42 Å². The van der Waals surface area contributed by atoms with E-state index >= 15 is 0 Å². The van der Waals surface area contributed by atoms with E-state index in [-0.39, 0.29) is 0 Å². The van der Waals surface area contributed by atoms with Gasteiger partial charge in [0.2, 0.25) is 0 Å². The standard InChI is InChI=1S/C52H33N3O/c1-2-15-37(16-3-1)53-38-17-8-13-35(29-38)36-14-9-18-39(30-36)54(41-25-28-52-47(32-41)46-31-40(53)24-27-51(46)56-52)42-23-26-45-44-20-6-7-21-49(44)55(50(45)33-42)48-22-10-12-34-11-4-5-19-43(34)48/h1-33H. The fourth-order valence-electron chi connectivity index (χ4n) is 8.91. The summed E-state index contributed by atoms with van der Waals surface area (Å²) < 4.78 is 13.7. The van der Waals surface area contributed by atoms with Crippen molar-refractivity contribution in [1.29, 1.82) is 0 Å². The first-order valence-corrected chi connectivity index (χ1v) is 19.1. The highest BCUT2D eigenvalue weighted by Crippen LogP contribution is 2.37. The van der Waals surface area contributed by atoms with Gasteiger partial charge in [0, 0.05) is 60.4 Å². The molecule has 9 aromatic carbocycles. The van der Waals surface area contributed by atoms with Gasteiger partial charge in [0.15, 0.2) is 0 Å². The van der Waals surface area contributed by atoms with Gasteiger partial charge in [0.25, 0.3) is 0 Å². The van der Waals surface area contributed by atoms with E-state index in [0.717, 1.165) is 71.7 Å². The van der Waals surface area contributed by atoms with Gasteiger partial charge in [-0.25, -0.2) is 0 Å². The summed E-state index contributed by atoms with van der Waals surface area (Å²) in [6.45, 7) is 0. The van der Waals surface area contributed by atoms with Crippen LogP contribution in [0.2, 0.25) is 0 Å². The summed E-state index contributed by atoms with van der Waals surface area (Å²) in [7, 11) is 0. The Kier molecular flexibility index (Phi) is 6.60. The number of hydrogen-bond acceptors (Lipinski definition) is 1. The van der Waals surface area contributed by atoms with E-state index in [9.17, 15) is 0 Å². The van der Waals surface area contributed by atoms with Gasteiger partial charge in [-0.1, -0.05) is 103 Å². The summed E-state index contributed by atoms with van der Waals surface area (Å²) >= 11 is 0. The molecule has 0 aliphatic carbocycles. The summed E-state index contributed by atoms with van der Waals surface area (Å²) in [6, 6.07) is 72.5. The lowest BCUT2D eigenvalue weighted by atomic mass is 10.1. The van der Waals surface area contributed by atoms with E-state index in [2.05, 4.69) is 214 Å². The molecule has 3 aromatic heterocycles. The van der Waals surface area contributed by atoms with Crippen LogP contribution in [0.5, 0.6) is 0 Å². The van der Waals surface area contributed by atoms with Gasteiger partial charge in [-0.05, 0) is 113 Å². The van der Waals surface area contributed by atoms with Crippen LogP contribution in [0.25, 0.3) is 104 Å². The SMILES string of the molecule is c1ccc(-n2c3cccc(c3)c3cccc(c3)n(-c3ccc4c5ccccc5n(-c5cccc6ccccc56)c4c3)c3ccc4oc5ccc2cc5c4c3)cc1. The summed E-state index contributed by atoms with van der Waals surface area (Å²) in [4.78, 5) is 0. The van der Waals surface area contributed by atoms with Crippen LogP contribution in [0.3, 0.4) is 0 Å². The van der Waals surface area contributed by atoms with Crippen molar-refractivity contribution in [2.24, 2.45) is 0 Å². The van der Waals surface area contributed by atoms with Crippen molar-refractivity contribution in [3.63, 3.8) is 0 Å². The van der Waals surface area contributed by atoms with Crippen molar-refractivity contribution in [2.45, 2.75) is 0 Å². The Labute approximate surface area is 321 Å². The molecule has 4 nitrogen and oxygen atoms in total. The zero-order valence-electron chi connectivity index (χ0n) is 30.3. The molecular formula is C52H33N3O. The average Bonchev–Trinajstić information content (AvgIpc) is 3.79. The Morgan fingerprint density at radius 2 is 0.839 bits per heavy atom. The number of aromatic nitrogens is 3. The third-order valence-electron chi connectivity index (χ3n) is 11.4. The molecule has 0 N–H and O–H groups in total. The quantitative estimate of drug-likeness (QED) is 0.179. The lowest BCUT2D eigenvalue weighted by Gasteiger charge is -2.15. The van der Waals surface area contributed by atoms with E-state index in [0.29, 0.717) is 0 Å². The number of rotatable bonds is 3. The second kappa shape index (κ2) is 12.0. The lowest BCUT2D eigenvalue weighted by molar-refractivity contribution is 0.669. The monoisotopic (exact) mass is 715 g/mol. The minimum absolute atomic E-state index is 0.862. The first kappa shape index (κ1) is 30.9. The minimum atomic E-state index is 0.862. The van der Waals surface area contributed by atoms with Crippen molar-refractivity contribution >= 4 is 87.4 Å². The topological polar surface area (TPSA) is 27.9 Å². The number of furan rings is 1. The molecule has 0 amide bonds. The van der Waals surface area contributed by atoms with Crippen LogP contribution in [0.4, 0.5) is 0 Å². The second-order valence-corrected chi connectivity index (χ2v) is 14.6. The highest BCUT2D eigenvalue weighted by atomic mass is 16.3. The molecule has 262 valence electrons. The van der Waals surface area contributed by atoms with Crippen LogP contribution in [0.1, 0.15) is 0 Å². The molecule has 0 radical (unpaired) electrons. The highest BCUT2D eigenvalue weighted by Gasteiger charge is 2.16. The van der Waals surface area contributed by atoms with Crippen LogP contribution < -0.4 is 0 Å². The van der Waals surface area contributed by atoms with Crippen molar-refractivity contribution in [3.05, 3.63) is 200 Å². The molecule has 3 heterocycles. The fraction of sp³-hybridized carbons (Fsp3) is 0. The largest absolute Gasteiger partial charge is 0.456 e. The van der Waals surface area contributed by atoms with Crippen molar-refractivity contribution in [1.82, 2.24) is 13.7 Å². The molecule has 0 fully saturated rings. The van der Waals surface area contributed by atoms with Crippen LogP contribution in [-0.4, -0.2) is 13.7 Å². The average molecular weight is 716 g/mol. The Hall–Kier alpha value is -7.56. The van der Waals surface area contributed by atoms with Gasteiger partial charge in [0.05, 0.1) is 16.7 Å². The van der Waals surface area contributed by atoms with Gasteiger partial charge >= 0.3 is 0 Å². The van der Waals surface area contributed by atoms with Crippen molar-refractivity contribution in [3.8, 4) is 17.1 Å². The fourth-order valence-corrected chi connectivity index (χ4v) is 8.91. The minimum Gasteiger partial charge on any atom is -0.456 e. The van der Waals surface area contributed by atoms with Crippen LogP contribution in [0.15, 0.2) is 205 Å². The zero-order valence-corrected chi connectivity index (χ0v) is 30.3. The van der Waals surface area contributed by atoms with Gasteiger partial charge < -0.3 is 18.1 Å².